The first-order valence-corrected chi connectivity index (χ1v) is 6.64. The van der Waals surface area contributed by atoms with Gasteiger partial charge in [-0.25, -0.2) is 4.98 Å². The molecule has 0 fully saturated rings. The van der Waals surface area contributed by atoms with E-state index in [4.69, 9.17) is 5.73 Å². The van der Waals surface area contributed by atoms with E-state index in [9.17, 15) is 10.1 Å². The van der Waals surface area contributed by atoms with Crippen molar-refractivity contribution in [2.75, 3.05) is 23.1 Å². The molecule has 0 bridgehead atoms. The maximum atomic E-state index is 10.6. The van der Waals surface area contributed by atoms with E-state index in [1.54, 1.807) is 17.8 Å². The summed E-state index contributed by atoms with van der Waals surface area (Å²) in [7, 11) is 0. The van der Waals surface area contributed by atoms with E-state index in [1.165, 1.54) is 6.07 Å². The monoisotopic (exact) mass is 256 g/mol. The van der Waals surface area contributed by atoms with Crippen molar-refractivity contribution in [1.82, 2.24) is 4.98 Å². The van der Waals surface area contributed by atoms with Crippen molar-refractivity contribution in [3.8, 4) is 0 Å². The average Bonchev–Trinajstić information content (AvgIpc) is 2.28. The molecule has 1 atom stereocenters. The maximum Gasteiger partial charge on any atom is 0.311 e. The molecule has 17 heavy (non-hydrogen) atoms. The van der Waals surface area contributed by atoms with Crippen molar-refractivity contribution >= 4 is 29.1 Å². The molecule has 1 heterocycles. The van der Waals surface area contributed by atoms with Crippen LogP contribution in [0.2, 0.25) is 0 Å². The first-order valence-electron chi connectivity index (χ1n) is 5.24. The van der Waals surface area contributed by atoms with Gasteiger partial charge >= 0.3 is 5.69 Å². The predicted octanol–water partition coefficient (Wildman–Crippen LogP) is 2.13. The summed E-state index contributed by atoms with van der Waals surface area (Å²) in [6.45, 7) is 2.07. The van der Waals surface area contributed by atoms with E-state index >= 15 is 0 Å². The fourth-order valence-electron chi connectivity index (χ4n) is 1.37. The average molecular weight is 256 g/mol. The Morgan fingerprint density at radius 3 is 2.82 bits per heavy atom. The lowest BCUT2D eigenvalue weighted by molar-refractivity contribution is -0.384. The van der Waals surface area contributed by atoms with Crippen molar-refractivity contribution in [1.29, 1.82) is 0 Å². The van der Waals surface area contributed by atoms with E-state index in [2.05, 4.69) is 17.2 Å². The molecule has 6 nitrogen and oxygen atoms in total. The zero-order valence-electron chi connectivity index (χ0n) is 9.84. The topological polar surface area (TPSA) is 94.1 Å². The Morgan fingerprint density at radius 1 is 1.65 bits per heavy atom. The Labute approximate surface area is 104 Å². The molecule has 0 saturated heterocycles. The number of nitrogen functional groups attached to an aromatic ring is 1. The minimum absolute atomic E-state index is 0.0565. The molecule has 7 heteroatoms. The molecule has 0 aliphatic rings. The van der Waals surface area contributed by atoms with Crippen LogP contribution in [0.1, 0.15) is 13.3 Å². The zero-order chi connectivity index (χ0) is 12.8. The number of pyridine rings is 1. The highest BCUT2D eigenvalue weighted by atomic mass is 32.2. The lowest BCUT2D eigenvalue weighted by atomic mass is 10.2. The standard InChI is InChI=1S/C10H16N4O2S/c1-3-7(6-17-2)12-9-5-4-8(14(15)16)10(11)13-9/h4-5,7H,3,6H2,1-2H3,(H3,11,12,13). The van der Waals surface area contributed by atoms with Crippen LogP contribution in [0.15, 0.2) is 12.1 Å². The Morgan fingerprint density at radius 2 is 2.35 bits per heavy atom. The number of hydrogen-bond donors (Lipinski definition) is 2. The SMILES string of the molecule is CCC(CSC)Nc1ccc([N+](=O)[O-])c(N)n1. The normalized spacial score (nSPS) is 12.1. The second-order valence-electron chi connectivity index (χ2n) is 3.56. The van der Waals surface area contributed by atoms with Gasteiger partial charge in [-0.2, -0.15) is 11.8 Å². The van der Waals surface area contributed by atoms with Gasteiger partial charge in [0, 0.05) is 17.9 Å². The first kappa shape index (κ1) is 13.6. The van der Waals surface area contributed by atoms with E-state index in [0.717, 1.165) is 12.2 Å². The Bertz CT molecular complexity index is 400. The number of nitrogens with zero attached hydrogens (tertiary/aromatic N) is 2. The van der Waals surface area contributed by atoms with Crippen molar-refractivity contribution in [2.24, 2.45) is 0 Å². The molecule has 3 N–H and O–H groups in total. The largest absolute Gasteiger partial charge is 0.378 e. The van der Waals surface area contributed by atoms with E-state index in [1.807, 2.05) is 6.26 Å². The minimum atomic E-state index is -0.536. The molecule has 1 aromatic heterocycles. The van der Waals surface area contributed by atoms with Gasteiger partial charge in [-0.15, -0.1) is 0 Å². The lowest BCUT2D eigenvalue weighted by Crippen LogP contribution is -2.22. The van der Waals surface area contributed by atoms with Crippen LogP contribution in [0.5, 0.6) is 0 Å². The molecule has 0 radical (unpaired) electrons. The second-order valence-corrected chi connectivity index (χ2v) is 4.47. The fraction of sp³-hybridized carbons (Fsp3) is 0.500. The summed E-state index contributed by atoms with van der Waals surface area (Å²) in [5.74, 6) is 1.47. The molecular formula is C10H16N4O2S. The highest BCUT2D eigenvalue weighted by Gasteiger charge is 2.14. The van der Waals surface area contributed by atoms with E-state index < -0.39 is 4.92 Å². The summed E-state index contributed by atoms with van der Waals surface area (Å²) in [5, 5.41) is 13.8. The number of hydrogen-bond acceptors (Lipinski definition) is 6. The quantitative estimate of drug-likeness (QED) is 0.598. The third-order valence-corrected chi connectivity index (χ3v) is 3.05. The fourth-order valence-corrected chi connectivity index (χ4v) is 2.10. The Balaban J connectivity index is 2.79. The number of rotatable bonds is 6. The molecule has 1 rings (SSSR count). The van der Waals surface area contributed by atoms with Gasteiger partial charge in [-0.05, 0) is 18.7 Å². The van der Waals surface area contributed by atoms with E-state index in [0.29, 0.717) is 11.9 Å². The molecule has 0 aliphatic heterocycles. The molecule has 0 aliphatic carbocycles. The predicted molar refractivity (Wildman–Crippen MR) is 71.4 cm³/mol. The third kappa shape index (κ3) is 3.77. The van der Waals surface area contributed by atoms with E-state index in [-0.39, 0.29) is 11.5 Å². The lowest BCUT2D eigenvalue weighted by Gasteiger charge is -2.16. The number of nitro groups is 1. The summed E-state index contributed by atoms with van der Waals surface area (Å²) < 4.78 is 0. The Hall–Kier alpha value is -1.50. The van der Waals surface area contributed by atoms with Crippen molar-refractivity contribution in [3.63, 3.8) is 0 Å². The molecular weight excluding hydrogens is 240 g/mol. The van der Waals surface area contributed by atoms with Crippen LogP contribution in [0.25, 0.3) is 0 Å². The molecule has 0 amide bonds. The highest BCUT2D eigenvalue weighted by Crippen LogP contribution is 2.21. The smallest absolute Gasteiger partial charge is 0.311 e. The summed E-state index contributed by atoms with van der Waals surface area (Å²) in [6, 6.07) is 3.24. The second kappa shape index (κ2) is 6.29. The summed E-state index contributed by atoms with van der Waals surface area (Å²) >= 11 is 1.74. The zero-order valence-corrected chi connectivity index (χ0v) is 10.7. The van der Waals surface area contributed by atoms with Crippen molar-refractivity contribution < 1.29 is 4.92 Å². The molecule has 94 valence electrons. The van der Waals surface area contributed by atoms with Crippen LogP contribution >= 0.6 is 11.8 Å². The van der Waals surface area contributed by atoms with Crippen LogP contribution in [-0.4, -0.2) is 28.0 Å². The van der Waals surface area contributed by atoms with Crippen LogP contribution in [0.3, 0.4) is 0 Å². The maximum absolute atomic E-state index is 10.6. The van der Waals surface area contributed by atoms with Gasteiger partial charge in [0.15, 0.2) is 0 Å². The number of aromatic nitrogens is 1. The van der Waals surface area contributed by atoms with Gasteiger partial charge in [0.2, 0.25) is 5.82 Å². The van der Waals surface area contributed by atoms with Gasteiger partial charge in [-0.1, -0.05) is 6.92 Å². The summed E-state index contributed by atoms with van der Waals surface area (Å²) in [4.78, 5) is 14.0. The number of nitrogens with two attached hydrogens (primary N) is 1. The van der Waals surface area contributed by atoms with Gasteiger partial charge in [0.05, 0.1) is 4.92 Å². The van der Waals surface area contributed by atoms with Gasteiger partial charge in [0.25, 0.3) is 0 Å². The molecule has 1 unspecified atom stereocenters. The molecule has 0 spiro atoms. The minimum Gasteiger partial charge on any atom is -0.378 e. The van der Waals surface area contributed by atoms with Gasteiger partial charge in [-0.3, -0.25) is 10.1 Å². The van der Waals surface area contributed by atoms with Crippen LogP contribution in [-0.2, 0) is 0 Å². The highest BCUT2D eigenvalue weighted by molar-refractivity contribution is 7.98. The number of nitrogens with one attached hydrogen (secondary N) is 1. The van der Waals surface area contributed by atoms with Crippen molar-refractivity contribution in [2.45, 2.75) is 19.4 Å². The van der Waals surface area contributed by atoms with Crippen LogP contribution < -0.4 is 11.1 Å². The van der Waals surface area contributed by atoms with Crippen molar-refractivity contribution in [3.05, 3.63) is 22.2 Å². The molecule has 0 saturated carbocycles. The molecule has 0 aromatic carbocycles. The number of anilines is 2. The molecule has 1 aromatic rings. The van der Waals surface area contributed by atoms with Gasteiger partial charge in [0.1, 0.15) is 5.82 Å². The summed E-state index contributed by atoms with van der Waals surface area (Å²) in [5.41, 5.74) is 5.36. The van der Waals surface area contributed by atoms with Crippen LogP contribution in [0, 0.1) is 10.1 Å². The Kier molecular flexibility index (Phi) is 5.02. The summed E-state index contributed by atoms with van der Waals surface area (Å²) in [6.07, 6.45) is 2.99. The van der Waals surface area contributed by atoms with Gasteiger partial charge < -0.3 is 11.1 Å². The van der Waals surface area contributed by atoms with Crippen LogP contribution in [0.4, 0.5) is 17.3 Å². The first-order chi connectivity index (χ1) is 8.08. The third-order valence-electron chi connectivity index (χ3n) is 2.31. The number of thioether (sulfide) groups is 1.